The normalized spacial score (nSPS) is 37.0. The van der Waals surface area contributed by atoms with Gasteiger partial charge in [-0.15, -0.1) is 0 Å². The lowest BCUT2D eigenvalue weighted by molar-refractivity contribution is -0.194. The molecule has 0 spiro atoms. The van der Waals surface area contributed by atoms with Gasteiger partial charge in [0.25, 0.3) is 0 Å². The highest BCUT2D eigenvalue weighted by Gasteiger charge is 2.56. The lowest BCUT2D eigenvalue weighted by Gasteiger charge is -2.46. The van der Waals surface area contributed by atoms with Crippen LogP contribution in [-0.2, 0) is 6.42 Å². The van der Waals surface area contributed by atoms with E-state index in [2.05, 4.69) is 26.0 Å². The van der Waals surface area contributed by atoms with E-state index in [0.717, 1.165) is 30.8 Å². The van der Waals surface area contributed by atoms with Gasteiger partial charge in [0.15, 0.2) is 0 Å². The SMILES string of the molecule is CCCCCc1cc2c3c(c1)OC(C)(O)C1CCC(C)C(O2)C31. The summed E-state index contributed by atoms with van der Waals surface area (Å²) in [5, 5.41) is 10.9. The minimum absolute atomic E-state index is 0.142. The van der Waals surface area contributed by atoms with Crippen molar-refractivity contribution in [1.29, 1.82) is 0 Å². The van der Waals surface area contributed by atoms with Gasteiger partial charge in [0, 0.05) is 24.3 Å². The second kappa shape index (κ2) is 5.41. The van der Waals surface area contributed by atoms with E-state index in [-0.39, 0.29) is 17.9 Å². The van der Waals surface area contributed by atoms with Gasteiger partial charge in [0.2, 0.25) is 5.79 Å². The second-order valence-corrected chi connectivity index (χ2v) is 7.89. The first-order chi connectivity index (χ1) is 11.0. The summed E-state index contributed by atoms with van der Waals surface area (Å²) in [6.45, 7) is 6.33. The number of hydrogen-bond donors (Lipinski definition) is 1. The van der Waals surface area contributed by atoms with Crippen LogP contribution in [0.25, 0.3) is 0 Å². The molecule has 2 heterocycles. The smallest absolute Gasteiger partial charge is 0.208 e. The average Bonchev–Trinajstić information content (AvgIpc) is 2.87. The molecule has 4 rings (SSSR count). The summed E-state index contributed by atoms with van der Waals surface area (Å²) in [4.78, 5) is 0. The van der Waals surface area contributed by atoms with Crippen molar-refractivity contribution in [2.45, 2.75) is 77.1 Å². The van der Waals surface area contributed by atoms with Gasteiger partial charge in [-0.05, 0) is 49.3 Å². The molecule has 1 N–H and O–H groups in total. The maximum Gasteiger partial charge on any atom is 0.208 e. The molecular formula is C20H28O3. The van der Waals surface area contributed by atoms with Crippen LogP contribution >= 0.6 is 0 Å². The molecule has 5 unspecified atom stereocenters. The Hall–Kier alpha value is -1.22. The molecule has 3 aliphatic rings. The Kier molecular flexibility index (Phi) is 3.60. The Balaban J connectivity index is 1.73. The van der Waals surface area contributed by atoms with Crippen LogP contribution in [0.3, 0.4) is 0 Å². The molecule has 0 bridgehead atoms. The van der Waals surface area contributed by atoms with Crippen molar-refractivity contribution >= 4 is 0 Å². The van der Waals surface area contributed by atoms with E-state index >= 15 is 0 Å². The fraction of sp³-hybridized carbons (Fsp3) is 0.700. The molecular weight excluding hydrogens is 288 g/mol. The van der Waals surface area contributed by atoms with Crippen molar-refractivity contribution in [3.05, 3.63) is 23.3 Å². The van der Waals surface area contributed by atoms with Gasteiger partial charge in [-0.1, -0.05) is 26.7 Å². The fourth-order valence-corrected chi connectivity index (χ4v) is 4.86. The molecule has 23 heavy (non-hydrogen) atoms. The topological polar surface area (TPSA) is 38.7 Å². The van der Waals surface area contributed by atoms with E-state index in [1.54, 1.807) is 0 Å². The average molecular weight is 316 g/mol. The third-order valence-corrected chi connectivity index (χ3v) is 6.12. The molecule has 3 heteroatoms. The van der Waals surface area contributed by atoms with Gasteiger partial charge in [0.05, 0.1) is 0 Å². The van der Waals surface area contributed by atoms with Gasteiger partial charge in [-0.3, -0.25) is 0 Å². The second-order valence-electron chi connectivity index (χ2n) is 7.89. The molecule has 3 nitrogen and oxygen atoms in total. The quantitative estimate of drug-likeness (QED) is 0.836. The Morgan fingerprint density at radius 2 is 2.00 bits per heavy atom. The number of benzene rings is 1. The van der Waals surface area contributed by atoms with E-state index in [4.69, 9.17) is 9.47 Å². The molecule has 0 aromatic heterocycles. The van der Waals surface area contributed by atoms with Gasteiger partial charge in [-0.2, -0.15) is 0 Å². The van der Waals surface area contributed by atoms with Gasteiger partial charge in [-0.25, -0.2) is 0 Å². The van der Waals surface area contributed by atoms with E-state index in [1.807, 2.05) is 6.92 Å². The van der Waals surface area contributed by atoms with E-state index in [9.17, 15) is 5.11 Å². The van der Waals surface area contributed by atoms with Crippen LogP contribution in [0.5, 0.6) is 11.5 Å². The summed E-state index contributed by atoms with van der Waals surface area (Å²) < 4.78 is 12.4. The van der Waals surface area contributed by atoms with Crippen molar-refractivity contribution in [2.75, 3.05) is 0 Å². The number of rotatable bonds is 4. The van der Waals surface area contributed by atoms with Gasteiger partial charge in [0.1, 0.15) is 17.6 Å². The summed E-state index contributed by atoms with van der Waals surface area (Å²) >= 11 is 0. The van der Waals surface area contributed by atoms with Crippen LogP contribution in [-0.4, -0.2) is 17.0 Å². The summed E-state index contributed by atoms with van der Waals surface area (Å²) in [5.41, 5.74) is 2.49. The lowest BCUT2D eigenvalue weighted by atomic mass is 9.66. The number of hydrogen-bond acceptors (Lipinski definition) is 3. The van der Waals surface area contributed by atoms with Crippen LogP contribution < -0.4 is 9.47 Å². The van der Waals surface area contributed by atoms with Gasteiger partial charge < -0.3 is 14.6 Å². The summed E-state index contributed by atoms with van der Waals surface area (Å²) in [6, 6.07) is 4.37. The molecule has 2 aliphatic heterocycles. The molecule has 1 aromatic carbocycles. The van der Waals surface area contributed by atoms with Crippen molar-refractivity contribution in [3.63, 3.8) is 0 Å². The Morgan fingerprint density at radius 3 is 2.78 bits per heavy atom. The third kappa shape index (κ3) is 2.36. The molecule has 1 aromatic rings. The lowest BCUT2D eigenvalue weighted by Crippen LogP contribution is -2.52. The molecule has 0 amide bonds. The van der Waals surface area contributed by atoms with Crippen LogP contribution in [0.15, 0.2) is 12.1 Å². The highest BCUT2D eigenvalue weighted by Crippen LogP contribution is 2.59. The zero-order valence-corrected chi connectivity index (χ0v) is 14.5. The minimum Gasteiger partial charge on any atom is -0.489 e. The highest BCUT2D eigenvalue weighted by atomic mass is 16.6. The molecule has 0 saturated heterocycles. The van der Waals surface area contributed by atoms with Crippen molar-refractivity contribution in [1.82, 2.24) is 0 Å². The predicted octanol–water partition coefficient (Wildman–Crippen LogP) is 4.41. The first kappa shape index (κ1) is 15.3. The summed E-state index contributed by atoms with van der Waals surface area (Å²) in [5.74, 6) is 1.76. The zero-order valence-electron chi connectivity index (χ0n) is 14.5. The fourth-order valence-electron chi connectivity index (χ4n) is 4.86. The van der Waals surface area contributed by atoms with Crippen LogP contribution in [0.2, 0.25) is 0 Å². The molecule has 1 aliphatic carbocycles. The number of unbranched alkanes of at least 4 members (excludes halogenated alkanes) is 2. The molecule has 5 atom stereocenters. The molecule has 1 fully saturated rings. The minimum atomic E-state index is -1.08. The van der Waals surface area contributed by atoms with Crippen LogP contribution in [0, 0.1) is 11.8 Å². The Bertz CT molecular complexity index is 607. The first-order valence-corrected chi connectivity index (χ1v) is 9.26. The van der Waals surface area contributed by atoms with Crippen molar-refractivity contribution in [3.8, 4) is 11.5 Å². The summed E-state index contributed by atoms with van der Waals surface area (Å²) in [7, 11) is 0. The van der Waals surface area contributed by atoms with E-state index in [1.165, 1.54) is 30.4 Å². The standard InChI is InChI=1S/C20H28O3/c1-4-5-6-7-13-10-15-18-16(11-13)23-20(3,21)14-9-8-12(2)19(22-15)17(14)18/h10-12,14,17,19,21H,4-9H2,1-3H3. The third-order valence-electron chi connectivity index (χ3n) is 6.12. The van der Waals surface area contributed by atoms with Crippen molar-refractivity contribution in [2.24, 2.45) is 11.8 Å². The van der Waals surface area contributed by atoms with Gasteiger partial charge >= 0.3 is 0 Å². The Labute approximate surface area is 139 Å². The molecule has 126 valence electrons. The first-order valence-electron chi connectivity index (χ1n) is 9.26. The maximum absolute atomic E-state index is 10.9. The Morgan fingerprint density at radius 1 is 1.22 bits per heavy atom. The largest absolute Gasteiger partial charge is 0.489 e. The number of aliphatic hydroxyl groups is 1. The number of aryl methyl sites for hydroxylation is 1. The number of ether oxygens (including phenoxy) is 2. The molecule has 0 radical (unpaired) electrons. The predicted molar refractivity (Wildman–Crippen MR) is 90.0 cm³/mol. The van der Waals surface area contributed by atoms with Crippen LogP contribution in [0.4, 0.5) is 0 Å². The summed E-state index contributed by atoms with van der Waals surface area (Å²) in [6.07, 6.45) is 7.02. The van der Waals surface area contributed by atoms with E-state index in [0.29, 0.717) is 5.92 Å². The monoisotopic (exact) mass is 316 g/mol. The maximum atomic E-state index is 10.9. The molecule has 1 saturated carbocycles. The highest BCUT2D eigenvalue weighted by molar-refractivity contribution is 5.55. The van der Waals surface area contributed by atoms with E-state index < -0.39 is 5.79 Å². The van der Waals surface area contributed by atoms with Crippen molar-refractivity contribution < 1.29 is 14.6 Å². The van der Waals surface area contributed by atoms with Crippen LogP contribution in [0.1, 0.15) is 69.9 Å². The zero-order chi connectivity index (χ0) is 16.2.